The number of nitrogens with two attached hydrogens (primary N) is 2. The van der Waals surface area contributed by atoms with E-state index >= 15 is 0 Å². The molecular formula is C21H19FN6O. The molecule has 0 fully saturated rings. The molecule has 0 saturated carbocycles. The summed E-state index contributed by atoms with van der Waals surface area (Å²) in [6.45, 7) is 0.256. The van der Waals surface area contributed by atoms with Crippen LogP contribution in [0.3, 0.4) is 0 Å². The van der Waals surface area contributed by atoms with E-state index in [-0.39, 0.29) is 12.2 Å². The molecular weight excluding hydrogens is 371 g/mol. The van der Waals surface area contributed by atoms with Gasteiger partial charge in [0.2, 0.25) is 0 Å². The molecule has 29 heavy (non-hydrogen) atoms. The fourth-order valence-corrected chi connectivity index (χ4v) is 3.15. The molecule has 4 rings (SSSR count). The molecule has 1 heterocycles. The van der Waals surface area contributed by atoms with Gasteiger partial charge in [-0.3, -0.25) is 5.10 Å². The van der Waals surface area contributed by atoms with E-state index in [1.807, 2.05) is 30.3 Å². The highest BCUT2D eigenvalue weighted by molar-refractivity contribution is 6.02. The Morgan fingerprint density at radius 3 is 2.62 bits per heavy atom. The van der Waals surface area contributed by atoms with Gasteiger partial charge in [0.25, 0.3) is 0 Å². The summed E-state index contributed by atoms with van der Waals surface area (Å²) in [5, 5.41) is 13.0. The van der Waals surface area contributed by atoms with Crippen LogP contribution in [0, 0.1) is 5.82 Å². The number of rotatable bonds is 4. The van der Waals surface area contributed by atoms with Crippen molar-refractivity contribution in [1.29, 1.82) is 0 Å². The van der Waals surface area contributed by atoms with Crippen molar-refractivity contribution in [2.75, 3.05) is 16.4 Å². The first-order valence-corrected chi connectivity index (χ1v) is 8.94. The van der Waals surface area contributed by atoms with E-state index in [2.05, 4.69) is 20.8 Å². The highest BCUT2D eigenvalue weighted by atomic mass is 19.1. The minimum absolute atomic E-state index is 0.0733. The van der Waals surface area contributed by atoms with Crippen molar-refractivity contribution < 1.29 is 9.18 Å². The van der Waals surface area contributed by atoms with Crippen LogP contribution in [-0.4, -0.2) is 16.2 Å². The minimum Gasteiger partial charge on any atom is -0.382 e. The highest BCUT2D eigenvalue weighted by Gasteiger charge is 2.11. The molecule has 146 valence electrons. The van der Waals surface area contributed by atoms with Crippen LogP contribution in [0.15, 0.2) is 60.7 Å². The number of hydrogen-bond donors (Lipinski definition) is 5. The summed E-state index contributed by atoms with van der Waals surface area (Å²) >= 11 is 0. The standard InChI is InChI=1S/C21H19FN6O/c22-16-9-4-12(11-23)10-18(16)26-21(29)25-14-7-5-13(6-8-14)15-2-1-3-17-19(15)20(24)28-27-17/h1-10H,11,23H2,(H3,24,27,28)(H2,25,26,29). The molecule has 0 aliphatic rings. The van der Waals surface area contributed by atoms with E-state index in [1.165, 1.54) is 12.1 Å². The zero-order valence-electron chi connectivity index (χ0n) is 15.4. The van der Waals surface area contributed by atoms with E-state index < -0.39 is 11.8 Å². The van der Waals surface area contributed by atoms with E-state index in [0.29, 0.717) is 11.5 Å². The van der Waals surface area contributed by atoms with Crippen LogP contribution in [0.1, 0.15) is 5.56 Å². The predicted molar refractivity (Wildman–Crippen MR) is 113 cm³/mol. The van der Waals surface area contributed by atoms with Crippen molar-refractivity contribution in [2.45, 2.75) is 6.54 Å². The van der Waals surface area contributed by atoms with Crippen LogP contribution in [-0.2, 0) is 6.54 Å². The number of amides is 2. The molecule has 2 amide bonds. The number of anilines is 3. The fraction of sp³-hybridized carbons (Fsp3) is 0.0476. The third kappa shape index (κ3) is 3.74. The number of urea groups is 1. The van der Waals surface area contributed by atoms with Crippen LogP contribution in [0.4, 0.5) is 26.4 Å². The Morgan fingerprint density at radius 1 is 1.07 bits per heavy atom. The number of carbonyl (C=O) groups excluding carboxylic acids is 1. The van der Waals surface area contributed by atoms with E-state index in [9.17, 15) is 9.18 Å². The second kappa shape index (κ2) is 7.61. The number of fused-ring (bicyclic) bond motifs is 1. The predicted octanol–water partition coefficient (Wildman–Crippen LogP) is 4.05. The summed E-state index contributed by atoms with van der Waals surface area (Å²) in [5.41, 5.74) is 15.6. The largest absolute Gasteiger partial charge is 0.382 e. The molecule has 3 aromatic carbocycles. The van der Waals surface area contributed by atoms with Gasteiger partial charge in [-0.2, -0.15) is 5.10 Å². The lowest BCUT2D eigenvalue weighted by atomic mass is 10.0. The van der Waals surface area contributed by atoms with Gasteiger partial charge in [0.05, 0.1) is 16.6 Å². The fourth-order valence-electron chi connectivity index (χ4n) is 3.15. The summed E-state index contributed by atoms with van der Waals surface area (Å²) in [4.78, 5) is 12.2. The zero-order chi connectivity index (χ0) is 20.4. The third-order valence-corrected chi connectivity index (χ3v) is 4.59. The van der Waals surface area contributed by atoms with Gasteiger partial charge in [-0.25, -0.2) is 9.18 Å². The van der Waals surface area contributed by atoms with Gasteiger partial charge in [-0.1, -0.05) is 30.3 Å². The zero-order valence-corrected chi connectivity index (χ0v) is 15.4. The molecule has 0 spiro atoms. The number of nitrogens with one attached hydrogen (secondary N) is 3. The van der Waals surface area contributed by atoms with Crippen LogP contribution in [0.5, 0.6) is 0 Å². The van der Waals surface area contributed by atoms with Crippen molar-refractivity contribution >= 4 is 34.1 Å². The smallest absolute Gasteiger partial charge is 0.323 e. The Labute approximate surface area is 165 Å². The normalized spacial score (nSPS) is 10.8. The topological polar surface area (TPSA) is 122 Å². The molecule has 0 atom stereocenters. The van der Waals surface area contributed by atoms with Crippen molar-refractivity contribution in [3.63, 3.8) is 0 Å². The van der Waals surface area contributed by atoms with Crippen LogP contribution >= 0.6 is 0 Å². The Bertz CT molecular complexity index is 1190. The first-order valence-electron chi connectivity index (χ1n) is 8.94. The summed E-state index contributed by atoms with van der Waals surface area (Å²) in [7, 11) is 0. The van der Waals surface area contributed by atoms with Crippen LogP contribution < -0.4 is 22.1 Å². The molecule has 1 aromatic heterocycles. The van der Waals surface area contributed by atoms with Crippen molar-refractivity contribution in [3.05, 3.63) is 72.0 Å². The average Bonchev–Trinajstić information content (AvgIpc) is 3.11. The minimum atomic E-state index is -0.549. The first-order chi connectivity index (χ1) is 14.0. The number of benzene rings is 3. The molecule has 4 aromatic rings. The van der Waals surface area contributed by atoms with E-state index in [1.54, 1.807) is 18.2 Å². The maximum absolute atomic E-state index is 13.9. The molecule has 0 saturated heterocycles. The number of H-pyrrole nitrogens is 1. The lowest BCUT2D eigenvalue weighted by molar-refractivity contribution is 0.262. The van der Waals surface area contributed by atoms with E-state index in [0.717, 1.165) is 27.6 Å². The van der Waals surface area contributed by atoms with Gasteiger partial charge in [-0.05, 0) is 47.0 Å². The van der Waals surface area contributed by atoms with Gasteiger partial charge >= 0.3 is 6.03 Å². The number of nitrogens with zero attached hydrogens (tertiary/aromatic N) is 1. The number of halogens is 1. The van der Waals surface area contributed by atoms with Crippen LogP contribution in [0.25, 0.3) is 22.0 Å². The number of hydrogen-bond acceptors (Lipinski definition) is 4. The maximum atomic E-state index is 13.9. The molecule has 8 heteroatoms. The molecule has 0 radical (unpaired) electrons. The lowest BCUT2D eigenvalue weighted by Gasteiger charge is -2.10. The maximum Gasteiger partial charge on any atom is 0.323 e. The van der Waals surface area contributed by atoms with Gasteiger partial charge in [0.15, 0.2) is 5.82 Å². The Kier molecular flexibility index (Phi) is 4.84. The number of nitrogen functional groups attached to an aromatic ring is 1. The molecule has 0 bridgehead atoms. The van der Waals surface area contributed by atoms with Crippen LogP contribution in [0.2, 0.25) is 0 Å². The molecule has 0 aliphatic heterocycles. The average molecular weight is 390 g/mol. The SMILES string of the molecule is NCc1ccc(F)c(NC(=O)Nc2ccc(-c3cccc4[nH]nc(N)c34)cc2)c1. The third-order valence-electron chi connectivity index (χ3n) is 4.59. The Hall–Kier alpha value is -3.91. The van der Waals surface area contributed by atoms with Gasteiger partial charge in [0, 0.05) is 12.2 Å². The van der Waals surface area contributed by atoms with E-state index in [4.69, 9.17) is 11.5 Å². The lowest BCUT2D eigenvalue weighted by Crippen LogP contribution is -2.20. The van der Waals surface area contributed by atoms with Crippen molar-refractivity contribution in [1.82, 2.24) is 10.2 Å². The summed E-state index contributed by atoms with van der Waals surface area (Å²) in [5.74, 6) is -0.0996. The summed E-state index contributed by atoms with van der Waals surface area (Å²) < 4.78 is 13.9. The molecule has 0 unspecified atom stereocenters. The molecule has 0 aliphatic carbocycles. The Balaban J connectivity index is 1.51. The number of aromatic amines is 1. The second-order valence-electron chi connectivity index (χ2n) is 6.51. The number of carbonyl (C=O) groups is 1. The van der Waals surface area contributed by atoms with Crippen molar-refractivity contribution in [2.24, 2.45) is 5.73 Å². The molecule has 7 nitrogen and oxygen atoms in total. The highest BCUT2D eigenvalue weighted by Crippen LogP contribution is 2.31. The Morgan fingerprint density at radius 2 is 1.86 bits per heavy atom. The van der Waals surface area contributed by atoms with Crippen molar-refractivity contribution in [3.8, 4) is 11.1 Å². The molecule has 7 N–H and O–H groups in total. The first kappa shape index (κ1) is 18.5. The van der Waals surface area contributed by atoms with Gasteiger partial charge in [0.1, 0.15) is 5.82 Å². The quantitative estimate of drug-likeness (QED) is 0.361. The van der Waals surface area contributed by atoms with Gasteiger partial charge < -0.3 is 22.1 Å². The summed E-state index contributed by atoms with van der Waals surface area (Å²) in [6.07, 6.45) is 0. The number of aromatic nitrogens is 2. The summed E-state index contributed by atoms with van der Waals surface area (Å²) in [6, 6.07) is 16.8. The monoisotopic (exact) mass is 390 g/mol. The van der Waals surface area contributed by atoms with Gasteiger partial charge in [-0.15, -0.1) is 0 Å². The second-order valence-corrected chi connectivity index (χ2v) is 6.51.